The molecule has 16 heavy (non-hydrogen) atoms. The van der Waals surface area contributed by atoms with Crippen LogP contribution >= 0.6 is 22.7 Å². The molecule has 2 aromatic heterocycles. The van der Waals surface area contributed by atoms with Crippen molar-refractivity contribution in [2.24, 2.45) is 0 Å². The average Bonchev–Trinajstić information content (AvgIpc) is 2.65. The zero-order valence-electron chi connectivity index (χ0n) is 9.79. The molecule has 0 aliphatic rings. The standard InChI is InChI=1S/C12H14O2S2/c1-7-6-15-11-8(7)5-9(16-11)10(13)14-12(2,3)4/h5-6H,1-4H3. The number of rotatable bonds is 1. The van der Waals surface area contributed by atoms with Crippen molar-refractivity contribution in [3.63, 3.8) is 0 Å². The number of aryl methyl sites for hydroxylation is 1. The van der Waals surface area contributed by atoms with Gasteiger partial charge in [0.05, 0.1) is 4.01 Å². The van der Waals surface area contributed by atoms with Crippen LogP contribution in [-0.2, 0) is 4.74 Å². The van der Waals surface area contributed by atoms with Crippen molar-refractivity contribution in [2.75, 3.05) is 0 Å². The third-order valence-electron chi connectivity index (χ3n) is 2.07. The first kappa shape index (κ1) is 11.6. The predicted molar refractivity (Wildman–Crippen MR) is 69.6 cm³/mol. The summed E-state index contributed by atoms with van der Waals surface area (Å²) >= 11 is 3.19. The van der Waals surface area contributed by atoms with Gasteiger partial charge in [0.1, 0.15) is 10.5 Å². The molecular formula is C12H14O2S2. The molecule has 2 aromatic rings. The van der Waals surface area contributed by atoms with E-state index in [-0.39, 0.29) is 5.97 Å². The van der Waals surface area contributed by atoms with Gasteiger partial charge < -0.3 is 4.74 Å². The maximum Gasteiger partial charge on any atom is 0.348 e. The first-order valence-electron chi connectivity index (χ1n) is 5.08. The molecule has 86 valence electrons. The van der Waals surface area contributed by atoms with Gasteiger partial charge in [0, 0.05) is 5.39 Å². The Morgan fingerprint density at radius 3 is 2.62 bits per heavy atom. The van der Waals surface area contributed by atoms with Crippen LogP contribution in [0.15, 0.2) is 11.4 Å². The van der Waals surface area contributed by atoms with Crippen LogP contribution < -0.4 is 0 Å². The maximum atomic E-state index is 11.8. The maximum absolute atomic E-state index is 11.8. The fraction of sp³-hybridized carbons (Fsp3) is 0.417. The second kappa shape index (κ2) is 3.86. The number of ether oxygens (including phenoxy) is 1. The quantitative estimate of drug-likeness (QED) is 0.712. The number of hydrogen-bond acceptors (Lipinski definition) is 4. The van der Waals surface area contributed by atoms with Crippen molar-refractivity contribution in [2.45, 2.75) is 33.3 Å². The van der Waals surface area contributed by atoms with E-state index < -0.39 is 5.60 Å². The monoisotopic (exact) mass is 254 g/mol. The highest BCUT2D eigenvalue weighted by Crippen LogP contribution is 2.34. The number of hydrogen-bond donors (Lipinski definition) is 0. The van der Waals surface area contributed by atoms with Gasteiger partial charge in [-0.3, -0.25) is 0 Å². The van der Waals surface area contributed by atoms with Crippen LogP contribution in [0.5, 0.6) is 0 Å². The number of carbonyl (C=O) groups is 1. The zero-order chi connectivity index (χ0) is 11.9. The zero-order valence-corrected chi connectivity index (χ0v) is 11.4. The summed E-state index contributed by atoms with van der Waals surface area (Å²) in [5.74, 6) is -0.222. The van der Waals surface area contributed by atoms with E-state index in [1.165, 1.54) is 26.3 Å². The van der Waals surface area contributed by atoms with Gasteiger partial charge in [-0.25, -0.2) is 4.79 Å². The molecule has 0 bridgehead atoms. The first-order valence-corrected chi connectivity index (χ1v) is 6.77. The van der Waals surface area contributed by atoms with Crippen LogP contribution in [0, 0.1) is 6.92 Å². The van der Waals surface area contributed by atoms with Gasteiger partial charge in [0.25, 0.3) is 0 Å². The Morgan fingerprint density at radius 2 is 2.06 bits per heavy atom. The highest BCUT2D eigenvalue weighted by molar-refractivity contribution is 7.38. The predicted octanol–water partition coefficient (Wildman–Crippen LogP) is 4.23. The lowest BCUT2D eigenvalue weighted by atomic mass is 10.2. The van der Waals surface area contributed by atoms with Gasteiger partial charge in [-0.2, -0.15) is 0 Å². The SMILES string of the molecule is Cc1csc2sc(C(=O)OC(C)(C)C)cc12. The van der Waals surface area contributed by atoms with E-state index in [0.717, 1.165) is 0 Å². The van der Waals surface area contributed by atoms with E-state index in [1.54, 1.807) is 11.3 Å². The van der Waals surface area contributed by atoms with Crippen molar-refractivity contribution >= 4 is 38.0 Å². The molecular weight excluding hydrogens is 240 g/mol. The summed E-state index contributed by atoms with van der Waals surface area (Å²) in [5, 5.41) is 3.29. The number of thiophene rings is 2. The molecule has 0 atom stereocenters. The lowest BCUT2D eigenvalue weighted by Gasteiger charge is -2.18. The highest BCUT2D eigenvalue weighted by atomic mass is 32.2. The van der Waals surface area contributed by atoms with Gasteiger partial charge in [-0.1, -0.05) is 0 Å². The van der Waals surface area contributed by atoms with Crippen molar-refractivity contribution in [3.05, 3.63) is 21.9 Å². The molecule has 0 aromatic carbocycles. The van der Waals surface area contributed by atoms with Crippen molar-refractivity contribution < 1.29 is 9.53 Å². The van der Waals surface area contributed by atoms with E-state index in [1.807, 2.05) is 26.8 Å². The van der Waals surface area contributed by atoms with Gasteiger partial charge in [0.2, 0.25) is 0 Å². The minimum Gasteiger partial charge on any atom is -0.456 e. The summed E-state index contributed by atoms with van der Waals surface area (Å²) in [6, 6.07) is 1.93. The van der Waals surface area contributed by atoms with Gasteiger partial charge in [-0.15, -0.1) is 22.7 Å². The van der Waals surface area contributed by atoms with Gasteiger partial charge in [0.15, 0.2) is 0 Å². The molecule has 0 saturated carbocycles. The van der Waals surface area contributed by atoms with Crippen molar-refractivity contribution in [1.29, 1.82) is 0 Å². The van der Waals surface area contributed by atoms with E-state index in [0.29, 0.717) is 4.88 Å². The molecule has 0 spiro atoms. The lowest BCUT2D eigenvalue weighted by molar-refractivity contribution is 0.00753. The van der Waals surface area contributed by atoms with E-state index in [4.69, 9.17) is 4.74 Å². The molecule has 0 N–H and O–H groups in total. The second-order valence-corrected chi connectivity index (χ2v) is 6.92. The molecule has 0 radical (unpaired) electrons. The van der Waals surface area contributed by atoms with Crippen LogP contribution in [0.2, 0.25) is 0 Å². The molecule has 2 rings (SSSR count). The van der Waals surface area contributed by atoms with Gasteiger partial charge >= 0.3 is 5.97 Å². The smallest absolute Gasteiger partial charge is 0.348 e. The second-order valence-electron chi connectivity index (χ2n) is 4.73. The summed E-state index contributed by atoms with van der Waals surface area (Å²) in [4.78, 5) is 12.5. The fourth-order valence-corrected chi connectivity index (χ4v) is 3.57. The molecule has 2 nitrogen and oxygen atoms in total. The number of fused-ring (bicyclic) bond motifs is 1. The molecule has 2 heterocycles. The summed E-state index contributed by atoms with van der Waals surface area (Å²) in [6.07, 6.45) is 0. The minimum absolute atomic E-state index is 0.222. The minimum atomic E-state index is -0.427. The highest BCUT2D eigenvalue weighted by Gasteiger charge is 2.20. The topological polar surface area (TPSA) is 26.3 Å². The van der Waals surface area contributed by atoms with Crippen LogP contribution in [-0.4, -0.2) is 11.6 Å². The Hall–Kier alpha value is -0.870. The van der Waals surface area contributed by atoms with E-state index in [2.05, 4.69) is 12.3 Å². The number of carbonyl (C=O) groups excluding carboxylic acids is 1. The summed E-state index contributed by atoms with van der Waals surface area (Å²) in [5.41, 5.74) is 0.801. The van der Waals surface area contributed by atoms with E-state index in [9.17, 15) is 4.79 Å². The molecule has 0 fully saturated rings. The third-order valence-corrected chi connectivity index (χ3v) is 4.42. The summed E-state index contributed by atoms with van der Waals surface area (Å²) in [7, 11) is 0. The van der Waals surface area contributed by atoms with E-state index >= 15 is 0 Å². The summed E-state index contributed by atoms with van der Waals surface area (Å²) < 4.78 is 6.53. The largest absolute Gasteiger partial charge is 0.456 e. The van der Waals surface area contributed by atoms with Crippen LogP contribution in [0.4, 0.5) is 0 Å². The van der Waals surface area contributed by atoms with Crippen LogP contribution in [0.25, 0.3) is 9.40 Å². The van der Waals surface area contributed by atoms with Gasteiger partial charge in [-0.05, 0) is 44.7 Å². The molecule has 0 aliphatic heterocycles. The summed E-state index contributed by atoms with van der Waals surface area (Å²) in [6.45, 7) is 7.70. The Balaban J connectivity index is 2.30. The number of esters is 1. The Kier molecular flexibility index (Phi) is 2.80. The molecule has 4 heteroatoms. The van der Waals surface area contributed by atoms with Crippen LogP contribution in [0.1, 0.15) is 36.0 Å². The van der Waals surface area contributed by atoms with Crippen molar-refractivity contribution in [1.82, 2.24) is 0 Å². The first-order chi connectivity index (χ1) is 7.37. The lowest BCUT2D eigenvalue weighted by Crippen LogP contribution is -2.23. The van der Waals surface area contributed by atoms with Crippen LogP contribution in [0.3, 0.4) is 0 Å². The molecule has 0 unspecified atom stereocenters. The third kappa shape index (κ3) is 2.28. The Labute approximate surface area is 103 Å². The molecule has 0 saturated heterocycles. The average molecular weight is 254 g/mol. The molecule has 0 aliphatic carbocycles. The Bertz CT molecular complexity index is 529. The fourth-order valence-electron chi connectivity index (χ4n) is 1.37. The normalized spacial score (nSPS) is 12.0. The molecule has 0 amide bonds. The van der Waals surface area contributed by atoms with Crippen molar-refractivity contribution in [3.8, 4) is 0 Å². The Morgan fingerprint density at radius 1 is 1.38 bits per heavy atom.